The Bertz CT molecular complexity index is 915. The van der Waals surface area contributed by atoms with Crippen LogP contribution in [0.25, 0.3) is 0 Å². The first-order valence-corrected chi connectivity index (χ1v) is 10.5. The molecule has 1 aromatic heterocycles. The van der Waals surface area contributed by atoms with Gasteiger partial charge in [-0.05, 0) is 25.5 Å². The summed E-state index contributed by atoms with van der Waals surface area (Å²) in [5.74, 6) is 1.04. The zero-order valence-corrected chi connectivity index (χ0v) is 16.1. The van der Waals surface area contributed by atoms with Crippen LogP contribution in [-0.4, -0.2) is 55.5 Å². The molecular weight excluding hydrogens is 368 g/mol. The number of carbonyl (C=O) groups excluding carboxylic acids is 1. The van der Waals surface area contributed by atoms with Crippen LogP contribution in [0.15, 0.2) is 36.7 Å². The van der Waals surface area contributed by atoms with Crippen LogP contribution < -0.4 is 15.0 Å². The Morgan fingerprint density at radius 1 is 1.33 bits per heavy atom. The van der Waals surface area contributed by atoms with Crippen molar-refractivity contribution in [2.75, 3.05) is 35.4 Å². The van der Waals surface area contributed by atoms with Gasteiger partial charge in [0.1, 0.15) is 5.75 Å². The fourth-order valence-electron chi connectivity index (χ4n) is 3.07. The van der Waals surface area contributed by atoms with Gasteiger partial charge >= 0.3 is 0 Å². The summed E-state index contributed by atoms with van der Waals surface area (Å²) in [5.41, 5.74) is 0.923. The van der Waals surface area contributed by atoms with Gasteiger partial charge in [0.15, 0.2) is 9.84 Å². The standard InChI is InChI=1S/C18H22N4O4S/c1-3-22(15-7-8-27(24,25)12-15)18-19-10-13(11-20-18)17(23)21-14-5-4-6-16(9-14)26-2/h4-6,9-11,15H,3,7-8,12H2,1-2H3,(H,21,23). The number of aromatic nitrogens is 2. The van der Waals surface area contributed by atoms with Gasteiger partial charge in [0.25, 0.3) is 5.91 Å². The van der Waals surface area contributed by atoms with Crippen molar-refractivity contribution in [2.24, 2.45) is 0 Å². The number of ether oxygens (including phenoxy) is 1. The summed E-state index contributed by atoms with van der Waals surface area (Å²) >= 11 is 0. The highest BCUT2D eigenvalue weighted by atomic mass is 32.2. The highest BCUT2D eigenvalue weighted by Crippen LogP contribution is 2.22. The Hall–Kier alpha value is -2.68. The first kappa shape index (κ1) is 19.1. The van der Waals surface area contributed by atoms with Gasteiger partial charge in [-0.25, -0.2) is 18.4 Å². The number of hydrogen-bond donors (Lipinski definition) is 1. The molecule has 1 amide bonds. The predicted octanol–water partition coefficient (Wildman–Crippen LogP) is 1.75. The van der Waals surface area contributed by atoms with Gasteiger partial charge in [0.2, 0.25) is 5.95 Å². The molecule has 1 saturated heterocycles. The van der Waals surface area contributed by atoms with E-state index in [2.05, 4.69) is 15.3 Å². The quantitative estimate of drug-likeness (QED) is 0.802. The third-order valence-electron chi connectivity index (χ3n) is 4.47. The van der Waals surface area contributed by atoms with Crippen molar-refractivity contribution < 1.29 is 17.9 Å². The summed E-state index contributed by atoms with van der Waals surface area (Å²) in [6.07, 6.45) is 3.46. The molecule has 1 aromatic carbocycles. The Balaban J connectivity index is 1.71. The zero-order valence-electron chi connectivity index (χ0n) is 15.3. The second kappa shape index (κ2) is 7.91. The van der Waals surface area contributed by atoms with Crippen LogP contribution in [0, 0.1) is 0 Å². The van der Waals surface area contributed by atoms with Crippen molar-refractivity contribution in [1.82, 2.24) is 9.97 Å². The number of benzene rings is 1. The van der Waals surface area contributed by atoms with E-state index < -0.39 is 9.84 Å². The van der Waals surface area contributed by atoms with Crippen LogP contribution in [0.5, 0.6) is 5.75 Å². The lowest BCUT2D eigenvalue weighted by Crippen LogP contribution is -2.37. The van der Waals surface area contributed by atoms with Crippen LogP contribution in [-0.2, 0) is 9.84 Å². The van der Waals surface area contributed by atoms with E-state index in [0.717, 1.165) is 0 Å². The maximum absolute atomic E-state index is 12.4. The lowest BCUT2D eigenvalue weighted by atomic mass is 10.2. The molecule has 9 heteroatoms. The van der Waals surface area contributed by atoms with Crippen molar-refractivity contribution in [3.63, 3.8) is 0 Å². The average molecular weight is 390 g/mol. The number of amides is 1. The Labute approximate surface area is 158 Å². The summed E-state index contributed by atoms with van der Waals surface area (Å²) in [5, 5.41) is 2.77. The van der Waals surface area contributed by atoms with Crippen molar-refractivity contribution in [1.29, 1.82) is 0 Å². The Morgan fingerprint density at radius 2 is 2.07 bits per heavy atom. The molecule has 2 heterocycles. The largest absolute Gasteiger partial charge is 0.497 e. The Kier molecular flexibility index (Phi) is 5.59. The molecule has 1 aliphatic rings. The third-order valence-corrected chi connectivity index (χ3v) is 6.23. The van der Waals surface area contributed by atoms with Gasteiger partial charge < -0.3 is 15.0 Å². The van der Waals surface area contributed by atoms with E-state index in [0.29, 0.717) is 35.9 Å². The van der Waals surface area contributed by atoms with Crippen LogP contribution in [0.3, 0.4) is 0 Å². The minimum atomic E-state index is -2.99. The van der Waals surface area contributed by atoms with Crippen molar-refractivity contribution in [2.45, 2.75) is 19.4 Å². The predicted molar refractivity (Wildman–Crippen MR) is 103 cm³/mol. The molecular formula is C18H22N4O4S. The minimum absolute atomic E-state index is 0.113. The molecule has 1 fully saturated rings. The van der Waals surface area contributed by atoms with Gasteiger partial charge in [-0.15, -0.1) is 0 Å². The summed E-state index contributed by atoms with van der Waals surface area (Å²) in [4.78, 5) is 22.8. The molecule has 0 saturated carbocycles. The van der Waals surface area contributed by atoms with Crippen LogP contribution in [0.4, 0.5) is 11.6 Å². The van der Waals surface area contributed by atoms with Crippen molar-refractivity contribution in [3.8, 4) is 5.75 Å². The topological polar surface area (TPSA) is 101 Å². The molecule has 8 nitrogen and oxygen atoms in total. The SMILES string of the molecule is CCN(c1ncc(C(=O)Nc2cccc(OC)c2)cn1)C1CCS(=O)(=O)C1. The number of nitrogens with one attached hydrogen (secondary N) is 1. The summed E-state index contributed by atoms with van der Waals surface area (Å²) in [6.45, 7) is 2.52. The molecule has 1 unspecified atom stereocenters. The molecule has 0 aliphatic carbocycles. The summed E-state index contributed by atoms with van der Waals surface area (Å²) in [7, 11) is -1.43. The molecule has 0 spiro atoms. The van der Waals surface area contributed by atoms with Crippen molar-refractivity contribution >= 4 is 27.4 Å². The minimum Gasteiger partial charge on any atom is -0.497 e. The second-order valence-corrected chi connectivity index (χ2v) is 8.53. The first-order valence-electron chi connectivity index (χ1n) is 8.66. The van der Waals surface area contributed by atoms with Crippen LogP contribution >= 0.6 is 0 Å². The summed E-state index contributed by atoms with van der Waals surface area (Å²) < 4.78 is 28.6. The van der Waals surface area contributed by atoms with Gasteiger partial charge in [-0.2, -0.15) is 0 Å². The molecule has 1 aliphatic heterocycles. The lowest BCUT2D eigenvalue weighted by molar-refractivity contribution is 0.102. The fourth-order valence-corrected chi connectivity index (χ4v) is 4.81. The number of methoxy groups -OCH3 is 1. The maximum Gasteiger partial charge on any atom is 0.258 e. The maximum atomic E-state index is 12.4. The van der Waals surface area contributed by atoms with E-state index >= 15 is 0 Å². The van der Waals surface area contributed by atoms with E-state index in [4.69, 9.17) is 4.74 Å². The highest BCUT2D eigenvalue weighted by molar-refractivity contribution is 7.91. The molecule has 1 N–H and O–H groups in total. The molecule has 27 heavy (non-hydrogen) atoms. The van der Waals surface area contributed by atoms with E-state index in [9.17, 15) is 13.2 Å². The van der Waals surface area contributed by atoms with Gasteiger partial charge in [-0.1, -0.05) is 6.07 Å². The fraction of sp³-hybridized carbons (Fsp3) is 0.389. The van der Waals surface area contributed by atoms with Crippen molar-refractivity contribution in [3.05, 3.63) is 42.2 Å². The highest BCUT2D eigenvalue weighted by Gasteiger charge is 2.32. The normalized spacial score (nSPS) is 18.1. The molecule has 3 rings (SSSR count). The van der Waals surface area contributed by atoms with E-state index in [1.807, 2.05) is 11.8 Å². The number of carbonyl (C=O) groups is 1. The number of rotatable bonds is 6. The zero-order chi connectivity index (χ0) is 19.4. The third kappa shape index (κ3) is 4.54. The molecule has 0 radical (unpaired) electrons. The Morgan fingerprint density at radius 3 is 2.67 bits per heavy atom. The van der Waals surface area contributed by atoms with E-state index in [-0.39, 0.29) is 23.5 Å². The van der Waals surface area contributed by atoms with E-state index in [1.54, 1.807) is 31.4 Å². The van der Waals surface area contributed by atoms with Gasteiger partial charge in [-0.3, -0.25) is 4.79 Å². The number of hydrogen-bond acceptors (Lipinski definition) is 7. The lowest BCUT2D eigenvalue weighted by Gasteiger charge is -2.26. The first-order chi connectivity index (χ1) is 12.9. The average Bonchev–Trinajstić information content (AvgIpc) is 3.02. The van der Waals surface area contributed by atoms with E-state index in [1.165, 1.54) is 12.4 Å². The molecule has 2 aromatic rings. The number of anilines is 2. The number of sulfone groups is 1. The molecule has 0 bridgehead atoms. The van der Waals surface area contributed by atoms with Crippen LogP contribution in [0.2, 0.25) is 0 Å². The summed E-state index contributed by atoms with van der Waals surface area (Å²) in [6, 6.07) is 6.91. The smallest absolute Gasteiger partial charge is 0.258 e. The second-order valence-electron chi connectivity index (χ2n) is 6.30. The van der Waals surface area contributed by atoms with Gasteiger partial charge in [0.05, 0.1) is 24.2 Å². The number of nitrogens with zero attached hydrogens (tertiary/aromatic N) is 3. The molecule has 1 atom stereocenters. The van der Waals surface area contributed by atoms with Gasteiger partial charge in [0, 0.05) is 36.7 Å². The monoisotopic (exact) mass is 390 g/mol. The molecule has 144 valence electrons. The van der Waals surface area contributed by atoms with Crippen LogP contribution in [0.1, 0.15) is 23.7 Å².